The van der Waals surface area contributed by atoms with Crippen molar-refractivity contribution < 1.29 is 13.9 Å². The first-order chi connectivity index (χ1) is 6.60. The zero-order valence-corrected chi connectivity index (χ0v) is 8.87. The van der Waals surface area contributed by atoms with E-state index in [0.29, 0.717) is 10.9 Å². The Hall–Kier alpha value is -1.21. The minimum atomic E-state index is -0.678. The summed E-state index contributed by atoms with van der Waals surface area (Å²) in [6.07, 6.45) is 1.51. The Labute approximate surface area is 84.0 Å². The van der Waals surface area contributed by atoms with E-state index in [1.54, 1.807) is 6.07 Å². The number of carbonyl (C=O) groups is 1. The minimum absolute atomic E-state index is 0.0527. The smallest absolute Gasteiger partial charge is 0.341 e. The van der Waals surface area contributed by atoms with Crippen LogP contribution in [0.15, 0.2) is 18.7 Å². The molecular weight excluding hydrogens is 202 g/mol. The molecule has 0 aliphatic heterocycles. The number of carbonyl (C=O) groups excluding carboxylic acids is 1. The minimum Gasteiger partial charge on any atom is -0.465 e. The van der Waals surface area contributed by atoms with Gasteiger partial charge in [-0.05, 0) is 23.0 Å². The SMILES string of the molecule is C=Cc1cc(F)c(C(=O)OC)c(P)c1. The zero-order chi connectivity index (χ0) is 10.7. The molecule has 0 bridgehead atoms. The summed E-state index contributed by atoms with van der Waals surface area (Å²) in [5.41, 5.74) is 0.572. The molecule has 0 aromatic heterocycles. The molecule has 0 aliphatic rings. The monoisotopic (exact) mass is 212 g/mol. The molecule has 1 aromatic carbocycles. The molecule has 74 valence electrons. The molecule has 1 aromatic rings. The lowest BCUT2D eigenvalue weighted by Crippen LogP contribution is -2.14. The lowest BCUT2D eigenvalue weighted by Gasteiger charge is -2.06. The van der Waals surface area contributed by atoms with E-state index in [-0.39, 0.29) is 5.56 Å². The van der Waals surface area contributed by atoms with Gasteiger partial charge in [0.1, 0.15) is 11.4 Å². The quantitative estimate of drug-likeness (QED) is 0.551. The third-order valence-corrected chi connectivity index (χ3v) is 2.22. The second kappa shape index (κ2) is 4.34. The van der Waals surface area contributed by atoms with E-state index in [0.717, 1.165) is 0 Å². The highest BCUT2D eigenvalue weighted by molar-refractivity contribution is 7.27. The lowest BCUT2D eigenvalue weighted by molar-refractivity contribution is 0.0597. The third kappa shape index (κ3) is 1.99. The van der Waals surface area contributed by atoms with Gasteiger partial charge in [0, 0.05) is 0 Å². The summed E-state index contributed by atoms with van der Waals surface area (Å²) in [4.78, 5) is 11.2. The van der Waals surface area contributed by atoms with Crippen LogP contribution in [0.4, 0.5) is 4.39 Å². The van der Waals surface area contributed by atoms with Gasteiger partial charge in [0.25, 0.3) is 0 Å². The Bertz CT molecular complexity index is 365. The van der Waals surface area contributed by atoms with Crippen LogP contribution in [-0.2, 0) is 4.74 Å². The first kappa shape index (κ1) is 10.9. The van der Waals surface area contributed by atoms with Crippen LogP contribution in [0.5, 0.6) is 0 Å². The van der Waals surface area contributed by atoms with E-state index in [1.165, 1.54) is 19.3 Å². The summed E-state index contributed by atoms with van der Waals surface area (Å²) in [5, 5.41) is 0.465. The molecule has 0 aliphatic carbocycles. The van der Waals surface area contributed by atoms with Crippen molar-refractivity contribution in [3.8, 4) is 0 Å². The Kier molecular flexibility index (Phi) is 3.37. The number of hydrogen-bond donors (Lipinski definition) is 0. The molecule has 1 atom stereocenters. The van der Waals surface area contributed by atoms with E-state index < -0.39 is 11.8 Å². The highest BCUT2D eigenvalue weighted by Gasteiger charge is 2.15. The average Bonchev–Trinajstić information content (AvgIpc) is 2.16. The topological polar surface area (TPSA) is 26.3 Å². The fraction of sp³-hybridized carbons (Fsp3) is 0.100. The van der Waals surface area contributed by atoms with Gasteiger partial charge in [0.05, 0.1) is 7.11 Å². The van der Waals surface area contributed by atoms with Crippen molar-refractivity contribution in [1.82, 2.24) is 0 Å². The second-order valence-electron chi connectivity index (χ2n) is 2.66. The van der Waals surface area contributed by atoms with Crippen molar-refractivity contribution in [1.29, 1.82) is 0 Å². The maximum absolute atomic E-state index is 13.4. The van der Waals surface area contributed by atoms with E-state index in [9.17, 15) is 9.18 Å². The summed E-state index contributed by atoms with van der Waals surface area (Å²) in [7, 11) is 3.51. The Morgan fingerprint density at radius 3 is 2.71 bits per heavy atom. The Morgan fingerprint density at radius 1 is 1.64 bits per heavy atom. The zero-order valence-electron chi connectivity index (χ0n) is 7.71. The Balaban J connectivity index is 3.31. The van der Waals surface area contributed by atoms with Gasteiger partial charge in [-0.15, -0.1) is 9.24 Å². The number of halogens is 1. The van der Waals surface area contributed by atoms with Crippen molar-refractivity contribution in [2.45, 2.75) is 0 Å². The van der Waals surface area contributed by atoms with E-state index in [4.69, 9.17) is 0 Å². The largest absolute Gasteiger partial charge is 0.465 e. The van der Waals surface area contributed by atoms with Gasteiger partial charge in [-0.1, -0.05) is 12.7 Å². The number of methoxy groups -OCH3 is 1. The van der Waals surface area contributed by atoms with Gasteiger partial charge in [-0.25, -0.2) is 9.18 Å². The highest BCUT2D eigenvalue weighted by atomic mass is 31.0. The maximum atomic E-state index is 13.4. The maximum Gasteiger partial charge on any atom is 0.341 e. The molecule has 0 spiro atoms. The van der Waals surface area contributed by atoms with Crippen molar-refractivity contribution >= 4 is 26.6 Å². The molecule has 0 radical (unpaired) electrons. The first-order valence-corrected chi connectivity index (χ1v) is 4.47. The van der Waals surface area contributed by atoms with Crippen LogP contribution in [0.2, 0.25) is 0 Å². The van der Waals surface area contributed by atoms with Gasteiger partial charge in [0.15, 0.2) is 0 Å². The molecule has 14 heavy (non-hydrogen) atoms. The molecule has 4 heteroatoms. The van der Waals surface area contributed by atoms with Gasteiger partial charge in [0.2, 0.25) is 0 Å². The van der Waals surface area contributed by atoms with Crippen LogP contribution in [0, 0.1) is 5.82 Å². The molecular formula is C10H10FO2P. The van der Waals surface area contributed by atoms with E-state index in [1.807, 2.05) is 0 Å². The second-order valence-corrected chi connectivity index (χ2v) is 3.28. The molecule has 2 nitrogen and oxygen atoms in total. The predicted molar refractivity (Wildman–Crippen MR) is 57.2 cm³/mol. The number of ether oxygens (including phenoxy) is 1. The number of benzene rings is 1. The van der Waals surface area contributed by atoms with Gasteiger partial charge in [-0.3, -0.25) is 0 Å². The molecule has 0 fully saturated rings. The van der Waals surface area contributed by atoms with Gasteiger partial charge in [-0.2, -0.15) is 0 Å². The van der Waals surface area contributed by atoms with Gasteiger partial charge < -0.3 is 4.74 Å². The Morgan fingerprint density at radius 2 is 2.29 bits per heavy atom. The van der Waals surface area contributed by atoms with Gasteiger partial charge >= 0.3 is 5.97 Å². The fourth-order valence-corrected chi connectivity index (χ4v) is 1.53. The van der Waals surface area contributed by atoms with Crippen LogP contribution in [0.1, 0.15) is 15.9 Å². The van der Waals surface area contributed by atoms with Crippen LogP contribution in [-0.4, -0.2) is 13.1 Å². The van der Waals surface area contributed by atoms with E-state index in [2.05, 4.69) is 20.6 Å². The molecule has 0 saturated carbocycles. The molecule has 0 N–H and O–H groups in total. The van der Waals surface area contributed by atoms with Crippen molar-refractivity contribution in [3.05, 3.63) is 35.7 Å². The number of esters is 1. The van der Waals surface area contributed by atoms with Crippen molar-refractivity contribution in [2.75, 3.05) is 7.11 Å². The normalized spacial score (nSPS) is 9.64. The van der Waals surface area contributed by atoms with Crippen molar-refractivity contribution in [3.63, 3.8) is 0 Å². The van der Waals surface area contributed by atoms with Crippen LogP contribution < -0.4 is 5.30 Å². The summed E-state index contributed by atoms with van der Waals surface area (Å²) >= 11 is 0. The first-order valence-electron chi connectivity index (χ1n) is 3.90. The highest BCUT2D eigenvalue weighted by Crippen LogP contribution is 2.13. The molecule has 0 amide bonds. The van der Waals surface area contributed by atoms with Crippen LogP contribution >= 0.6 is 9.24 Å². The number of rotatable bonds is 2. The molecule has 0 saturated heterocycles. The fourth-order valence-electron chi connectivity index (χ4n) is 1.09. The standard InChI is InChI=1S/C10H10FO2P/c1-3-6-4-7(11)9(8(14)5-6)10(12)13-2/h3-5H,1,14H2,2H3. The van der Waals surface area contributed by atoms with Crippen LogP contribution in [0.3, 0.4) is 0 Å². The summed E-state index contributed by atoms with van der Waals surface area (Å²) < 4.78 is 17.8. The third-order valence-electron chi connectivity index (χ3n) is 1.77. The molecule has 0 heterocycles. The lowest BCUT2D eigenvalue weighted by atomic mass is 10.1. The summed E-state index contributed by atoms with van der Waals surface area (Å²) in [6, 6.07) is 2.89. The number of hydrogen-bond acceptors (Lipinski definition) is 2. The molecule has 1 rings (SSSR count). The summed E-state index contributed by atoms with van der Waals surface area (Å²) in [6.45, 7) is 3.52. The van der Waals surface area contributed by atoms with E-state index >= 15 is 0 Å². The summed E-state index contributed by atoms with van der Waals surface area (Å²) in [5.74, 6) is -1.28. The van der Waals surface area contributed by atoms with Crippen molar-refractivity contribution in [2.24, 2.45) is 0 Å². The molecule has 1 unspecified atom stereocenters. The average molecular weight is 212 g/mol. The predicted octanol–water partition coefficient (Wildman–Crippen LogP) is 1.76. The van der Waals surface area contributed by atoms with Crippen LogP contribution in [0.25, 0.3) is 6.08 Å².